The molecule has 9 heteroatoms. The van der Waals surface area contributed by atoms with E-state index in [1.807, 2.05) is 6.07 Å². The van der Waals surface area contributed by atoms with Crippen molar-refractivity contribution < 1.29 is 8.83 Å². The molecule has 0 aliphatic heterocycles. The number of rotatable bonds is 3. The van der Waals surface area contributed by atoms with Crippen LogP contribution in [0.4, 0.5) is 0 Å². The normalized spacial score (nSPS) is 11.8. The van der Waals surface area contributed by atoms with Gasteiger partial charge in [-0.15, -0.1) is 0 Å². The zero-order valence-electron chi connectivity index (χ0n) is 15.0. The third kappa shape index (κ3) is 3.40. The highest BCUT2D eigenvalue weighted by Crippen LogP contribution is 2.29. The third-order valence-electron chi connectivity index (χ3n) is 4.42. The van der Waals surface area contributed by atoms with E-state index in [-0.39, 0.29) is 11.4 Å². The van der Waals surface area contributed by atoms with E-state index in [4.69, 9.17) is 20.4 Å². The highest BCUT2D eigenvalue weighted by Gasteiger charge is 2.17. The molecule has 0 N–H and O–H groups in total. The Kier molecular flexibility index (Phi) is 4.85. The lowest BCUT2D eigenvalue weighted by Gasteiger charge is -2.06. The summed E-state index contributed by atoms with van der Waals surface area (Å²) in [6.45, 7) is 0. The maximum Gasteiger partial charge on any atom is 0.282 e. The Morgan fingerprint density at radius 1 is 1.07 bits per heavy atom. The number of aromatic nitrogens is 2. The van der Waals surface area contributed by atoms with Crippen molar-refractivity contribution in [3.8, 4) is 11.6 Å². The average molecular weight is 548 g/mol. The zero-order valence-corrected chi connectivity index (χ0v) is 18.9. The largest absolute Gasteiger partial charge is 0.453 e. The first kappa shape index (κ1) is 19.3. The van der Waals surface area contributed by atoms with Gasteiger partial charge in [-0.3, -0.25) is 4.79 Å². The Bertz CT molecular complexity index is 1500. The summed E-state index contributed by atoms with van der Waals surface area (Å²) in [7, 11) is 0. The van der Waals surface area contributed by atoms with Gasteiger partial charge in [-0.1, -0.05) is 23.7 Å². The molecule has 3 heterocycles. The predicted octanol–water partition coefficient (Wildman–Crippen LogP) is 6.46. The van der Waals surface area contributed by atoms with Gasteiger partial charge in [0, 0.05) is 16.5 Å². The lowest BCUT2D eigenvalue weighted by molar-refractivity contribution is 0.532. The molecule has 5 rings (SSSR count). The Balaban J connectivity index is 1.74. The Labute approximate surface area is 191 Å². The van der Waals surface area contributed by atoms with E-state index >= 15 is 0 Å². The molecular formula is C21H10Br2ClN3O3. The molecule has 0 amide bonds. The van der Waals surface area contributed by atoms with Crippen molar-refractivity contribution in [3.05, 3.63) is 84.9 Å². The maximum atomic E-state index is 13.2. The minimum absolute atomic E-state index is 0.270. The second-order valence-corrected chi connectivity index (χ2v) is 8.39. The van der Waals surface area contributed by atoms with Gasteiger partial charge in [0.2, 0.25) is 5.82 Å². The van der Waals surface area contributed by atoms with Crippen LogP contribution >= 0.6 is 43.5 Å². The minimum atomic E-state index is -0.324. The van der Waals surface area contributed by atoms with E-state index in [2.05, 4.69) is 41.9 Å². The van der Waals surface area contributed by atoms with Crippen molar-refractivity contribution in [2.75, 3.05) is 0 Å². The van der Waals surface area contributed by atoms with Gasteiger partial charge in [-0.2, -0.15) is 9.78 Å². The van der Waals surface area contributed by atoms with Crippen molar-refractivity contribution >= 4 is 71.5 Å². The summed E-state index contributed by atoms with van der Waals surface area (Å²) in [6.07, 6.45) is 1.44. The second kappa shape index (κ2) is 7.54. The van der Waals surface area contributed by atoms with E-state index in [1.165, 1.54) is 10.9 Å². The minimum Gasteiger partial charge on any atom is -0.453 e. The number of furan rings is 2. The number of benzene rings is 2. The number of nitrogens with zero attached hydrogens (tertiary/aromatic N) is 3. The molecule has 0 saturated heterocycles. The van der Waals surface area contributed by atoms with Gasteiger partial charge in [0.05, 0.1) is 21.6 Å². The summed E-state index contributed by atoms with van der Waals surface area (Å²) < 4.78 is 13.9. The van der Waals surface area contributed by atoms with Crippen molar-refractivity contribution in [2.45, 2.75) is 0 Å². The molecule has 148 valence electrons. The number of para-hydroxylation sites is 1. The maximum absolute atomic E-state index is 13.2. The second-order valence-electron chi connectivity index (χ2n) is 6.38. The molecule has 5 aromatic rings. The molecule has 6 nitrogen and oxygen atoms in total. The fourth-order valence-electron chi connectivity index (χ4n) is 3.06. The molecular weight excluding hydrogens is 538 g/mol. The van der Waals surface area contributed by atoms with Crippen LogP contribution in [-0.4, -0.2) is 15.9 Å². The van der Waals surface area contributed by atoms with Crippen LogP contribution in [0.15, 0.2) is 82.5 Å². The summed E-state index contributed by atoms with van der Waals surface area (Å²) >= 11 is 12.7. The lowest BCUT2D eigenvalue weighted by Crippen LogP contribution is -2.20. The van der Waals surface area contributed by atoms with E-state index in [1.54, 1.807) is 48.5 Å². The topological polar surface area (TPSA) is 73.5 Å². The predicted molar refractivity (Wildman–Crippen MR) is 123 cm³/mol. The Morgan fingerprint density at radius 2 is 1.90 bits per heavy atom. The summed E-state index contributed by atoms with van der Waals surface area (Å²) in [4.78, 5) is 17.8. The SMILES string of the molecule is O=c1c2ccccc2nc(-c2cc3cc(Cl)ccc3o2)n1N=Cc1cc(Br)c(Br)o1. The molecule has 0 aliphatic rings. The van der Waals surface area contributed by atoms with Gasteiger partial charge in [0.1, 0.15) is 11.3 Å². The summed E-state index contributed by atoms with van der Waals surface area (Å²) in [5, 5.41) is 6.17. The molecule has 0 spiro atoms. The third-order valence-corrected chi connectivity index (χ3v) is 6.36. The smallest absolute Gasteiger partial charge is 0.282 e. The first-order valence-corrected chi connectivity index (χ1v) is 10.7. The van der Waals surface area contributed by atoms with Crippen molar-refractivity contribution in [1.29, 1.82) is 0 Å². The molecule has 0 radical (unpaired) electrons. The lowest BCUT2D eigenvalue weighted by atomic mass is 10.2. The number of fused-ring (bicyclic) bond motifs is 2. The average Bonchev–Trinajstić information content (AvgIpc) is 3.29. The van der Waals surface area contributed by atoms with Crippen LogP contribution in [0.1, 0.15) is 5.76 Å². The summed E-state index contributed by atoms with van der Waals surface area (Å²) in [5.41, 5.74) is 0.854. The monoisotopic (exact) mass is 545 g/mol. The van der Waals surface area contributed by atoms with Crippen LogP contribution in [0.5, 0.6) is 0 Å². The van der Waals surface area contributed by atoms with Crippen LogP contribution in [-0.2, 0) is 0 Å². The zero-order chi connectivity index (χ0) is 20.8. The van der Waals surface area contributed by atoms with E-state index in [0.29, 0.717) is 37.7 Å². The fraction of sp³-hybridized carbons (Fsp3) is 0. The molecule has 0 atom stereocenters. The van der Waals surface area contributed by atoms with E-state index < -0.39 is 0 Å². The van der Waals surface area contributed by atoms with E-state index in [0.717, 1.165) is 9.86 Å². The summed E-state index contributed by atoms with van der Waals surface area (Å²) in [5.74, 6) is 1.12. The van der Waals surface area contributed by atoms with Crippen LogP contribution in [0, 0.1) is 0 Å². The first-order valence-electron chi connectivity index (χ1n) is 8.70. The highest BCUT2D eigenvalue weighted by molar-refractivity contribution is 9.13. The molecule has 3 aromatic heterocycles. The van der Waals surface area contributed by atoms with Crippen LogP contribution in [0.2, 0.25) is 5.02 Å². The Hall–Kier alpha value is -2.68. The van der Waals surface area contributed by atoms with Crippen molar-refractivity contribution in [1.82, 2.24) is 9.66 Å². The van der Waals surface area contributed by atoms with Crippen molar-refractivity contribution in [2.24, 2.45) is 5.10 Å². The van der Waals surface area contributed by atoms with Gasteiger partial charge >= 0.3 is 0 Å². The number of hydrogen-bond donors (Lipinski definition) is 0. The molecule has 0 aliphatic carbocycles. The first-order chi connectivity index (χ1) is 14.5. The van der Waals surface area contributed by atoms with Crippen molar-refractivity contribution in [3.63, 3.8) is 0 Å². The van der Waals surface area contributed by atoms with Crippen LogP contribution in [0.25, 0.3) is 33.5 Å². The van der Waals surface area contributed by atoms with Gasteiger partial charge in [0.25, 0.3) is 5.56 Å². The van der Waals surface area contributed by atoms with Gasteiger partial charge in [-0.05, 0) is 68.3 Å². The molecule has 0 fully saturated rings. The van der Waals surface area contributed by atoms with Gasteiger partial charge in [0.15, 0.2) is 10.4 Å². The Morgan fingerprint density at radius 3 is 2.70 bits per heavy atom. The van der Waals surface area contributed by atoms with Gasteiger partial charge in [-0.25, -0.2) is 4.98 Å². The molecule has 30 heavy (non-hydrogen) atoms. The van der Waals surface area contributed by atoms with Crippen LogP contribution < -0.4 is 5.56 Å². The molecule has 0 unspecified atom stereocenters. The summed E-state index contributed by atoms with van der Waals surface area (Å²) in [6, 6.07) is 15.9. The quantitative estimate of drug-likeness (QED) is 0.243. The number of halogens is 3. The van der Waals surface area contributed by atoms with Gasteiger partial charge < -0.3 is 8.83 Å². The fourth-order valence-corrected chi connectivity index (χ4v) is 3.84. The molecule has 0 bridgehead atoms. The number of hydrogen-bond acceptors (Lipinski definition) is 5. The standard InChI is InChI=1S/C21H10Br2ClN3O3/c22-15-9-13(29-19(15)23)10-25-27-20(26-16-4-2-1-3-14(16)21(27)28)18-8-11-7-12(24)5-6-17(11)30-18/h1-10H. The molecule has 2 aromatic carbocycles. The van der Waals surface area contributed by atoms with Crippen LogP contribution in [0.3, 0.4) is 0 Å². The van der Waals surface area contributed by atoms with E-state index in [9.17, 15) is 4.79 Å². The highest BCUT2D eigenvalue weighted by atomic mass is 79.9. The molecule has 0 saturated carbocycles.